The summed E-state index contributed by atoms with van der Waals surface area (Å²) in [4.78, 5) is 79.8. The number of H-pyrrole nitrogens is 2. The highest BCUT2D eigenvalue weighted by Crippen LogP contribution is 2.52. The minimum Gasteiger partial charge on any atom is -0.394 e. The average Bonchev–Trinajstić information content (AvgIpc) is 3.33. The molecule has 0 amide bonds. The number of aliphatic hydroxyl groups excluding tert-OH is 3. The first-order valence-corrected chi connectivity index (χ1v) is 14.4. The highest BCUT2D eigenvalue weighted by Gasteiger charge is 2.53. The summed E-state index contributed by atoms with van der Waals surface area (Å²) < 4.78 is 51.0. The monoisotopic (exact) mass is 630 g/mol. The fourth-order valence-electron chi connectivity index (χ4n) is 4.18. The predicted molar refractivity (Wildman–Crippen MR) is 127 cm³/mol. The second-order valence-corrected chi connectivity index (χ2v) is 11.3. The Labute approximate surface area is 226 Å². The van der Waals surface area contributed by atoms with Gasteiger partial charge in [-0.2, -0.15) is 0 Å². The van der Waals surface area contributed by atoms with E-state index < -0.39 is 100 Å². The van der Waals surface area contributed by atoms with Crippen LogP contribution in [0.1, 0.15) is 12.5 Å². The van der Waals surface area contributed by atoms with Crippen LogP contribution in [0.2, 0.25) is 0 Å². The van der Waals surface area contributed by atoms with Crippen molar-refractivity contribution in [2.24, 2.45) is 0 Å². The second-order valence-electron chi connectivity index (χ2n) is 8.72. The molecule has 0 radical (unpaired) electrons. The Morgan fingerprint density at radius 2 is 1.34 bits per heavy atom. The smallest absolute Gasteiger partial charge is 0.394 e. The van der Waals surface area contributed by atoms with Crippen molar-refractivity contribution in [2.45, 2.75) is 49.1 Å². The van der Waals surface area contributed by atoms with Crippen molar-refractivity contribution in [3.8, 4) is 0 Å². The number of aromatic amines is 2. The topological polar surface area (TPSA) is 311 Å². The van der Waals surface area contributed by atoms with Gasteiger partial charge in [0, 0.05) is 24.5 Å². The van der Waals surface area contributed by atoms with E-state index in [1.807, 2.05) is 9.97 Å². The van der Waals surface area contributed by atoms with Crippen LogP contribution in [0.15, 0.2) is 43.7 Å². The van der Waals surface area contributed by atoms with Crippen LogP contribution in [0.3, 0.4) is 0 Å². The maximum Gasteiger partial charge on any atom is 0.472 e. The summed E-state index contributed by atoms with van der Waals surface area (Å²) in [6.07, 6.45) is -12.2. The number of ether oxygens (including phenoxy) is 2. The van der Waals surface area contributed by atoms with E-state index >= 15 is 0 Å². The molecule has 2 aliphatic rings. The van der Waals surface area contributed by atoms with Crippen LogP contribution < -0.4 is 22.5 Å². The van der Waals surface area contributed by atoms with Gasteiger partial charge in [-0.1, -0.05) is 0 Å². The number of rotatable bonds is 10. The van der Waals surface area contributed by atoms with E-state index in [0.29, 0.717) is 4.57 Å². The minimum atomic E-state index is -5.40. The fourth-order valence-corrected chi connectivity index (χ4v) is 5.68. The average molecular weight is 630 g/mol. The van der Waals surface area contributed by atoms with Crippen molar-refractivity contribution in [2.75, 3.05) is 13.2 Å². The molecule has 4 heterocycles. The molecule has 2 saturated heterocycles. The zero-order valence-electron chi connectivity index (χ0n) is 20.3. The fraction of sp³-hybridized carbons (Fsp3) is 0.556. The molecule has 228 valence electrons. The number of hydrogen-bond donors (Lipinski definition) is 8. The number of phosphoric acid groups is 2. The summed E-state index contributed by atoms with van der Waals surface area (Å²) in [6.45, 7) is -1.93. The van der Waals surface area contributed by atoms with E-state index in [9.17, 15) is 58.3 Å². The molecule has 2 aliphatic heterocycles. The van der Waals surface area contributed by atoms with Gasteiger partial charge in [0.15, 0.2) is 12.5 Å². The molecule has 2 fully saturated rings. The van der Waals surface area contributed by atoms with Crippen molar-refractivity contribution in [3.05, 3.63) is 66.2 Å². The largest absolute Gasteiger partial charge is 0.472 e. The molecule has 0 saturated carbocycles. The maximum absolute atomic E-state index is 12.8. The maximum atomic E-state index is 12.8. The molecule has 2 aromatic rings. The third kappa shape index (κ3) is 7.07. The zero-order chi connectivity index (χ0) is 30.3. The van der Waals surface area contributed by atoms with Crippen LogP contribution in [0, 0.1) is 0 Å². The summed E-state index contributed by atoms with van der Waals surface area (Å²) in [5.41, 5.74) is -3.69. The van der Waals surface area contributed by atoms with Gasteiger partial charge in [-0.05, 0) is 0 Å². The van der Waals surface area contributed by atoms with E-state index in [4.69, 9.17) is 18.5 Å². The van der Waals surface area contributed by atoms with Crippen molar-refractivity contribution in [3.63, 3.8) is 0 Å². The van der Waals surface area contributed by atoms with Gasteiger partial charge in [-0.25, -0.2) is 18.7 Å². The van der Waals surface area contributed by atoms with Crippen molar-refractivity contribution in [1.29, 1.82) is 0 Å². The Morgan fingerprint density at radius 1 is 0.805 bits per heavy atom. The van der Waals surface area contributed by atoms with Gasteiger partial charge in [-0.3, -0.25) is 42.3 Å². The van der Waals surface area contributed by atoms with Gasteiger partial charge in [0.2, 0.25) is 0 Å². The van der Waals surface area contributed by atoms with Crippen LogP contribution in [0.25, 0.3) is 0 Å². The number of hydrogen-bond acceptors (Lipinski definition) is 14. The van der Waals surface area contributed by atoms with E-state index in [1.165, 1.54) is 0 Å². The summed E-state index contributed by atoms with van der Waals surface area (Å²) in [5.74, 6) is 0. The van der Waals surface area contributed by atoms with Gasteiger partial charge in [0.05, 0.1) is 13.2 Å². The molecule has 23 heteroatoms. The van der Waals surface area contributed by atoms with Crippen LogP contribution in [0.4, 0.5) is 0 Å². The van der Waals surface area contributed by atoms with Crippen molar-refractivity contribution in [1.82, 2.24) is 19.1 Å². The zero-order valence-corrected chi connectivity index (χ0v) is 22.1. The standard InChI is InChI=1S/C18H24N4O17P2/c23-5-7-13(14(38-40(30,31)32)16(36-7)22-4-2-10(25)20-18(22)29)39-41(33,34)35-6-8-11(26)12(27)15(37-8)21-3-1-9(24)19-17(21)28/h1-4,7-8,11-16,23,26-27H,5-6H2,(H,33,34)(H,19,24,28)(H,20,25,29)(H2,30,31,32)/t7-,8-,11-,12-,13-,14-,15-,16-/m1/s1. The van der Waals surface area contributed by atoms with Crippen LogP contribution >= 0.6 is 15.6 Å². The molecule has 9 atom stereocenters. The highest BCUT2D eigenvalue weighted by atomic mass is 31.2. The van der Waals surface area contributed by atoms with Crippen molar-refractivity contribution < 1.29 is 62.2 Å². The first-order valence-electron chi connectivity index (χ1n) is 11.4. The van der Waals surface area contributed by atoms with Crippen LogP contribution in [-0.4, -0.2) is 98.9 Å². The van der Waals surface area contributed by atoms with Gasteiger partial charge < -0.3 is 39.5 Å². The Balaban J connectivity index is 1.52. The summed E-state index contributed by atoms with van der Waals surface area (Å²) in [7, 11) is -10.7. The minimum absolute atomic E-state index is 0.625. The molecule has 0 bridgehead atoms. The molecule has 41 heavy (non-hydrogen) atoms. The van der Waals surface area contributed by atoms with E-state index in [1.54, 1.807) is 0 Å². The summed E-state index contributed by atoms with van der Waals surface area (Å²) >= 11 is 0. The first kappa shape index (κ1) is 31.3. The molecule has 4 rings (SSSR count). The number of nitrogens with zero attached hydrogens (tertiary/aromatic N) is 2. The molecule has 0 spiro atoms. The molecular formula is C18H24N4O17P2. The first-order chi connectivity index (χ1) is 19.1. The van der Waals surface area contributed by atoms with Crippen molar-refractivity contribution >= 4 is 15.6 Å². The number of aromatic nitrogens is 4. The van der Waals surface area contributed by atoms with Crippen LogP contribution in [-0.2, 0) is 32.2 Å². The third-order valence-corrected chi connectivity index (χ3v) is 7.47. The van der Waals surface area contributed by atoms with E-state index in [0.717, 1.165) is 29.1 Å². The van der Waals surface area contributed by atoms with Gasteiger partial charge in [0.25, 0.3) is 11.1 Å². The number of phosphoric ester groups is 2. The lowest BCUT2D eigenvalue weighted by molar-refractivity contribution is -0.0615. The molecule has 0 aliphatic carbocycles. The number of nitrogens with one attached hydrogen (secondary N) is 2. The third-order valence-electron chi connectivity index (χ3n) is 5.97. The molecule has 8 N–H and O–H groups in total. The van der Waals surface area contributed by atoms with Gasteiger partial charge >= 0.3 is 27.0 Å². The molecular weight excluding hydrogens is 606 g/mol. The van der Waals surface area contributed by atoms with Crippen LogP contribution in [0.5, 0.6) is 0 Å². The summed E-state index contributed by atoms with van der Waals surface area (Å²) in [5, 5.41) is 30.3. The quantitative estimate of drug-likeness (QED) is 0.115. The highest BCUT2D eigenvalue weighted by molar-refractivity contribution is 7.47. The van der Waals surface area contributed by atoms with Gasteiger partial charge in [-0.15, -0.1) is 0 Å². The second kappa shape index (κ2) is 11.9. The van der Waals surface area contributed by atoms with Gasteiger partial charge in [0.1, 0.15) is 36.6 Å². The SMILES string of the molecule is O=c1ccn([C@@H]2O[C@H](COP(=O)(O)O[C@H]3[C@@H](OP(=O)(O)O)[C@H](n4ccc(=O)[nH]c4=O)O[C@@H]3CO)[C@@H](O)[C@H]2O)c(=O)[nH]1. The lowest BCUT2D eigenvalue weighted by Crippen LogP contribution is -2.40. The Bertz CT molecular complexity index is 1580. The predicted octanol–water partition coefficient (Wildman–Crippen LogP) is -4.42. The normalized spacial score (nSPS) is 31.8. The Kier molecular flexibility index (Phi) is 9.12. The molecule has 0 aromatic carbocycles. The Hall–Kier alpha value is -2.62. The lowest BCUT2D eigenvalue weighted by atomic mass is 10.1. The molecule has 1 unspecified atom stereocenters. The lowest BCUT2D eigenvalue weighted by Gasteiger charge is -2.26. The van der Waals surface area contributed by atoms with E-state index in [2.05, 4.69) is 4.52 Å². The van der Waals surface area contributed by atoms with E-state index in [-0.39, 0.29) is 0 Å². The Morgan fingerprint density at radius 3 is 1.85 bits per heavy atom. The molecule has 21 nitrogen and oxygen atoms in total. The number of aliphatic hydroxyl groups is 3. The molecule has 2 aromatic heterocycles. The summed E-state index contributed by atoms with van der Waals surface area (Å²) in [6, 6.07) is 1.80.